The smallest absolute Gasteiger partial charge is 0.253 e. The Labute approximate surface area is 92.1 Å². The van der Waals surface area contributed by atoms with E-state index in [0.717, 1.165) is 5.56 Å². The fraction of sp³-hybridized carbons (Fsp3) is 0. The van der Waals surface area contributed by atoms with Crippen molar-refractivity contribution in [3.05, 3.63) is 42.4 Å². The molecule has 0 aliphatic carbocycles. The van der Waals surface area contributed by atoms with Crippen LogP contribution in [0.25, 0.3) is 11.1 Å². The summed E-state index contributed by atoms with van der Waals surface area (Å²) in [4.78, 5) is 19.1. The highest BCUT2D eigenvalue weighted by Crippen LogP contribution is 2.24. The first-order valence-electron chi connectivity index (χ1n) is 4.65. The van der Waals surface area contributed by atoms with Gasteiger partial charge in [-0.15, -0.1) is 0 Å². The van der Waals surface area contributed by atoms with Crippen LogP contribution in [0.3, 0.4) is 0 Å². The summed E-state index contributed by atoms with van der Waals surface area (Å²) in [7, 11) is 0. The topological polar surface area (TPSA) is 94.9 Å². The molecular formula is C11H10N4O. The minimum Gasteiger partial charge on any atom is -0.383 e. The molecule has 0 aliphatic rings. The zero-order valence-electron chi connectivity index (χ0n) is 8.42. The SMILES string of the molecule is NC(=O)c1c(-c2cccnc2)ccnc1N. The molecule has 80 valence electrons. The molecular weight excluding hydrogens is 204 g/mol. The Hall–Kier alpha value is -2.43. The zero-order chi connectivity index (χ0) is 11.5. The van der Waals surface area contributed by atoms with E-state index in [1.807, 2.05) is 6.07 Å². The maximum atomic E-state index is 11.3. The summed E-state index contributed by atoms with van der Waals surface area (Å²) in [5.74, 6) is -0.460. The first kappa shape index (κ1) is 10.1. The van der Waals surface area contributed by atoms with Crippen molar-refractivity contribution < 1.29 is 4.79 Å². The summed E-state index contributed by atoms with van der Waals surface area (Å²) < 4.78 is 0. The van der Waals surface area contributed by atoms with Gasteiger partial charge >= 0.3 is 0 Å². The van der Waals surface area contributed by atoms with E-state index in [4.69, 9.17) is 11.5 Å². The fourth-order valence-corrected chi connectivity index (χ4v) is 1.50. The summed E-state index contributed by atoms with van der Waals surface area (Å²) in [6, 6.07) is 5.29. The third-order valence-corrected chi connectivity index (χ3v) is 2.20. The molecule has 0 fully saturated rings. The van der Waals surface area contributed by atoms with Crippen molar-refractivity contribution in [1.82, 2.24) is 9.97 Å². The molecule has 2 rings (SSSR count). The van der Waals surface area contributed by atoms with E-state index >= 15 is 0 Å². The Bertz CT molecular complexity index is 525. The second kappa shape index (κ2) is 3.98. The second-order valence-corrected chi connectivity index (χ2v) is 3.22. The number of anilines is 1. The number of carbonyl (C=O) groups excluding carboxylic acids is 1. The van der Waals surface area contributed by atoms with Crippen LogP contribution in [0.4, 0.5) is 5.82 Å². The highest BCUT2D eigenvalue weighted by atomic mass is 16.1. The molecule has 2 aromatic heterocycles. The average molecular weight is 214 g/mol. The molecule has 2 heterocycles. The summed E-state index contributed by atoms with van der Waals surface area (Å²) in [6.45, 7) is 0. The lowest BCUT2D eigenvalue weighted by Gasteiger charge is -2.07. The van der Waals surface area contributed by atoms with Gasteiger partial charge in [-0.3, -0.25) is 9.78 Å². The standard InChI is InChI=1S/C11H10N4O/c12-10-9(11(13)16)8(3-5-15-10)7-2-1-4-14-6-7/h1-6H,(H2,12,15)(H2,13,16). The number of amides is 1. The number of aromatic nitrogens is 2. The van der Waals surface area contributed by atoms with E-state index in [1.165, 1.54) is 6.20 Å². The highest BCUT2D eigenvalue weighted by Gasteiger charge is 2.14. The van der Waals surface area contributed by atoms with Crippen molar-refractivity contribution in [2.24, 2.45) is 5.73 Å². The minimum atomic E-state index is -0.593. The second-order valence-electron chi connectivity index (χ2n) is 3.22. The van der Waals surface area contributed by atoms with Crippen molar-refractivity contribution in [2.75, 3.05) is 5.73 Å². The van der Waals surface area contributed by atoms with Crippen molar-refractivity contribution in [1.29, 1.82) is 0 Å². The number of pyridine rings is 2. The van der Waals surface area contributed by atoms with Gasteiger partial charge in [0.25, 0.3) is 5.91 Å². The fourth-order valence-electron chi connectivity index (χ4n) is 1.50. The van der Waals surface area contributed by atoms with Gasteiger partial charge in [-0.1, -0.05) is 6.07 Å². The number of carbonyl (C=O) groups is 1. The lowest BCUT2D eigenvalue weighted by Crippen LogP contribution is -2.15. The molecule has 0 radical (unpaired) electrons. The molecule has 0 spiro atoms. The predicted octanol–water partition coefficient (Wildman–Crippen LogP) is 0.825. The van der Waals surface area contributed by atoms with Crippen LogP contribution in [0.1, 0.15) is 10.4 Å². The Morgan fingerprint density at radius 2 is 2.06 bits per heavy atom. The Kier molecular flexibility index (Phi) is 2.51. The molecule has 0 saturated heterocycles. The minimum absolute atomic E-state index is 0.133. The van der Waals surface area contributed by atoms with E-state index in [2.05, 4.69) is 9.97 Å². The molecule has 5 heteroatoms. The van der Waals surface area contributed by atoms with Crippen LogP contribution < -0.4 is 11.5 Å². The van der Waals surface area contributed by atoms with Gasteiger partial charge in [-0.2, -0.15) is 0 Å². The van der Waals surface area contributed by atoms with Gasteiger partial charge in [-0.05, 0) is 12.1 Å². The van der Waals surface area contributed by atoms with Gasteiger partial charge in [0, 0.05) is 29.7 Å². The molecule has 2 aromatic rings. The summed E-state index contributed by atoms with van der Waals surface area (Å²) in [6.07, 6.45) is 4.82. The number of nitrogen functional groups attached to an aromatic ring is 1. The number of hydrogen-bond acceptors (Lipinski definition) is 4. The summed E-state index contributed by atoms with van der Waals surface area (Å²) in [5, 5.41) is 0. The Balaban J connectivity index is 2.66. The van der Waals surface area contributed by atoms with E-state index in [-0.39, 0.29) is 11.4 Å². The Morgan fingerprint density at radius 3 is 2.69 bits per heavy atom. The van der Waals surface area contributed by atoms with Crippen LogP contribution in [0.5, 0.6) is 0 Å². The first-order valence-corrected chi connectivity index (χ1v) is 4.65. The number of nitrogens with two attached hydrogens (primary N) is 2. The van der Waals surface area contributed by atoms with E-state index in [0.29, 0.717) is 5.56 Å². The average Bonchev–Trinajstić information content (AvgIpc) is 2.29. The van der Waals surface area contributed by atoms with Crippen LogP contribution in [0.15, 0.2) is 36.8 Å². The lowest BCUT2D eigenvalue weighted by atomic mass is 10.0. The molecule has 4 N–H and O–H groups in total. The van der Waals surface area contributed by atoms with Crippen LogP contribution >= 0.6 is 0 Å². The lowest BCUT2D eigenvalue weighted by molar-refractivity contribution is 0.100. The van der Waals surface area contributed by atoms with Crippen molar-refractivity contribution in [2.45, 2.75) is 0 Å². The number of hydrogen-bond donors (Lipinski definition) is 2. The van der Waals surface area contributed by atoms with Gasteiger partial charge in [0.15, 0.2) is 0 Å². The number of nitrogens with zero attached hydrogens (tertiary/aromatic N) is 2. The summed E-state index contributed by atoms with van der Waals surface area (Å²) in [5.41, 5.74) is 12.6. The zero-order valence-corrected chi connectivity index (χ0v) is 8.42. The largest absolute Gasteiger partial charge is 0.383 e. The van der Waals surface area contributed by atoms with Crippen LogP contribution in [0.2, 0.25) is 0 Å². The van der Waals surface area contributed by atoms with Crippen LogP contribution in [-0.4, -0.2) is 15.9 Å². The number of primary amides is 1. The molecule has 1 amide bonds. The van der Waals surface area contributed by atoms with Gasteiger partial charge in [0.05, 0.1) is 5.56 Å². The third-order valence-electron chi connectivity index (χ3n) is 2.20. The van der Waals surface area contributed by atoms with Gasteiger partial charge in [0.1, 0.15) is 5.82 Å². The van der Waals surface area contributed by atoms with Crippen molar-refractivity contribution in [3.63, 3.8) is 0 Å². The van der Waals surface area contributed by atoms with Gasteiger partial charge in [0.2, 0.25) is 0 Å². The van der Waals surface area contributed by atoms with Crippen molar-refractivity contribution in [3.8, 4) is 11.1 Å². The Morgan fingerprint density at radius 1 is 1.25 bits per heavy atom. The molecule has 0 atom stereocenters. The third kappa shape index (κ3) is 1.70. The number of rotatable bonds is 2. The molecule has 0 aliphatic heterocycles. The monoisotopic (exact) mass is 214 g/mol. The van der Waals surface area contributed by atoms with Crippen LogP contribution in [-0.2, 0) is 0 Å². The summed E-state index contributed by atoms with van der Waals surface area (Å²) >= 11 is 0. The molecule has 16 heavy (non-hydrogen) atoms. The molecule has 0 aromatic carbocycles. The van der Waals surface area contributed by atoms with E-state index in [9.17, 15) is 4.79 Å². The molecule has 0 unspecified atom stereocenters. The van der Waals surface area contributed by atoms with E-state index < -0.39 is 5.91 Å². The maximum Gasteiger partial charge on any atom is 0.253 e. The maximum absolute atomic E-state index is 11.3. The first-order chi connectivity index (χ1) is 7.70. The van der Waals surface area contributed by atoms with Gasteiger partial charge < -0.3 is 11.5 Å². The normalized spacial score (nSPS) is 10.0. The van der Waals surface area contributed by atoms with Crippen molar-refractivity contribution >= 4 is 11.7 Å². The quantitative estimate of drug-likeness (QED) is 0.773. The molecule has 5 nitrogen and oxygen atoms in total. The van der Waals surface area contributed by atoms with Crippen LogP contribution in [0, 0.1) is 0 Å². The predicted molar refractivity (Wildman–Crippen MR) is 60.4 cm³/mol. The van der Waals surface area contributed by atoms with E-state index in [1.54, 1.807) is 24.5 Å². The molecule has 0 bridgehead atoms. The van der Waals surface area contributed by atoms with Gasteiger partial charge in [-0.25, -0.2) is 4.98 Å². The molecule has 0 saturated carbocycles. The highest BCUT2D eigenvalue weighted by molar-refractivity contribution is 6.03.